The zero-order chi connectivity index (χ0) is 24.5. The summed E-state index contributed by atoms with van der Waals surface area (Å²) >= 11 is 0. The Bertz CT molecular complexity index is 793. The highest BCUT2D eigenvalue weighted by molar-refractivity contribution is 7.55. The van der Waals surface area contributed by atoms with E-state index in [2.05, 4.69) is 10.2 Å². The number of carbonyl (C=O) groups excluding carboxylic acids is 2. The number of nitro benzene ring substituents is 1. The van der Waals surface area contributed by atoms with E-state index in [9.17, 15) is 24.3 Å². The smallest absolute Gasteiger partial charge is 0.391 e. The Morgan fingerprint density at radius 3 is 1.66 bits per heavy atom. The lowest BCUT2D eigenvalue weighted by atomic mass is 10.1. The molecule has 0 saturated carbocycles. The van der Waals surface area contributed by atoms with Gasteiger partial charge in [0.25, 0.3) is 5.69 Å². The van der Waals surface area contributed by atoms with E-state index >= 15 is 0 Å². The topological polar surface area (TPSA) is 146 Å². The number of esters is 2. The molecule has 11 nitrogen and oxygen atoms in total. The van der Waals surface area contributed by atoms with E-state index in [1.807, 2.05) is 27.7 Å². The minimum absolute atomic E-state index is 0.0419. The molecular formula is C20H32N3O8P. The first-order valence-corrected chi connectivity index (χ1v) is 11.8. The number of hydrogen-bond donors (Lipinski definition) is 2. The summed E-state index contributed by atoms with van der Waals surface area (Å²) in [5.74, 6) is -1.16. The quantitative estimate of drug-likeness (QED) is 0.189. The molecule has 0 bridgehead atoms. The highest BCUT2D eigenvalue weighted by Gasteiger charge is 2.37. The van der Waals surface area contributed by atoms with E-state index in [4.69, 9.17) is 14.0 Å². The summed E-state index contributed by atoms with van der Waals surface area (Å²) in [5.41, 5.74) is -0.174. The lowest BCUT2D eigenvalue weighted by Gasteiger charge is -2.29. The van der Waals surface area contributed by atoms with E-state index < -0.39 is 36.6 Å². The molecule has 0 spiro atoms. The number of methoxy groups -OCH3 is 2. The maximum Gasteiger partial charge on any atom is 0.391 e. The lowest BCUT2D eigenvalue weighted by Crippen LogP contribution is -2.45. The second-order valence-corrected chi connectivity index (χ2v) is 9.86. The van der Waals surface area contributed by atoms with Gasteiger partial charge in [0.05, 0.1) is 19.1 Å². The summed E-state index contributed by atoms with van der Waals surface area (Å²) in [4.78, 5) is 34.9. The third-order valence-corrected chi connectivity index (χ3v) is 6.09. The zero-order valence-corrected chi connectivity index (χ0v) is 20.1. The Balaban J connectivity index is 3.32. The van der Waals surface area contributed by atoms with Crippen molar-refractivity contribution < 1.29 is 33.1 Å². The van der Waals surface area contributed by atoms with Gasteiger partial charge in [0.1, 0.15) is 17.8 Å². The molecule has 0 radical (unpaired) electrons. The number of nitrogens with one attached hydrogen (secondary N) is 2. The summed E-state index contributed by atoms with van der Waals surface area (Å²) in [7, 11) is -1.69. The van der Waals surface area contributed by atoms with Crippen LogP contribution in [0.1, 0.15) is 40.5 Å². The molecule has 2 N–H and O–H groups in total. The molecule has 0 aliphatic carbocycles. The minimum atomic E-state index is -4.11. The van der Waals surface area contributed by atoms with Crippen molar-refractivity contribution in [2.45, 2.75) is 52.6 Å². The van der Waals surface area contributed by atoms with Gasteiger partial charge >= 0.3 is 19.6 Å². The first-order valence-electron chi connectivity index (χ1n) is 10.2. The van der Waals surface area contributed by atoms with Gasteiger partial charge in [-0.1, -0.05) is 27.7 Å². The second-order valence-electron chi connectivity index (χ2n) is 8.06. The molecule has 0 unspecified atom stereocenters. The Morgan fingerprint density at radius 1 is 0.938 bits per heavy atom. The lowest BCUT2D eigenvalue weighted by molar-refractivity contribution is -0.384. The Labute approximate surface area is 187 Å². The minimum Gasteiger partial charge on any atom is -0.468 e. The number of nitro groups is 1. The second kappa shape index (κ2) is 12.5. The molecular weight excluding hydrogens is 441 g/mol. The SMILES string of the molecule is COC(=O)[C@H](CC(C)C)NP(=O)(N[C@@H](CC(C)C)C(=O)OC)Oc1ccc([N+](=O)[O-])cc1. The first-order chi connectivity index (χ1) is 14.9. The normalized spacial score (nSPS) is 13.5. The van der Waals surface area contributed by atoms with Crippen molar-refractivity contribution in [2.75, 3.05) is 14.2 Å². The van der Waals surface area contributed by atoms with Crippen molar-refractivity contribution >= 4 is 25.3 Å². The average Bonchev–Trinajstić information content (AvgIpc) is 2.71. The summed E-state index contributed by atoms with van der Waals surface area (Å²) < 4.78 is 29.1. The van der Waals surface area contributed by atoms with Crippen molar-refractivity contribution in [3.05, 3.63) is 34.4 Å². The maximum absolute atomic E-state index is 13.8. The van der Waals surface area contributed by atoms with Gasteiger partial charge in [-0.25, -0.2) is 14.7 Å². The van der Waals surface area contributed by atoms with E-state index in [-0.39, 0.29) is 36.1 Å². The summed E-state index contributed by atoms with van der Waals surface area (Å²) in [6, 6.07) is 2.95. The van der Waals surface area contributed by atoms with E-state index in [0.717, 1.165) is 0 Å². The summed E-state index contributed by atoms with van der Waals surface area (Å²) in [6.45, 7) is 7.51. The van der Waals surface area contributed by atoms with Crippen molar-refractivity contribution in [3.8, 4) is 5.75 Å². The highest BCUT2D eigenvalue weighted by Crippen LogP contribution is 2.42. The van der Waals surface area contributed by atoms with E-state index in [1.54, 1.807) is 0 Å². The number of non-ortho nitro benzene ring substituents is 1. The third-order valence-electron chi connectivity index (χ3n) is 4.32. The van der Waals surface area contributed by atoms with Crippen LogP contribution in [0.4, 0.5) is 5.69 Å². The van der Waals surface area contributed by atoms with Crippen LogP contribution in [0.3, 0.4) is 0 Å². The predicted octanol–water partition coefficient (Wildman–Crippen LogP) is 3.44. The number of hydrogen-bond acceptors (Lipinski definition) is 8. The first kappa shape index (κ1) is 27.5. The zero-order valence-electron chi connectivity index (χ0n) is 19.2. The molecule has 12 heteroatoms. The van der Waals surface area contributed by atoms with Crippen LogP contribution < -0.4 is 14.7 Å². The molecule has 1 rings (SSSR count). The number of carbonyl (C=O) groups is 2. The van der Waals surface area contributed by atoms with Crippen LogP contribution in [0.15, 0.2) is 24.3 Å². The number of benzene rings is 1. The highest BCUT2D eigenvalue weighted by atomic mass is 31.2. The van der Waals surface area contributed by atoms with Gasteiger partial charge in [-0.05, 0) is 36.8 Å². The number of nitrogens with zero attached hydrogens (tertiary/aromatic N) is 1. The van der Waals surface area contributed by atoms with E-state index in [1.165, 1.54) is 38.5 Å². The molecule has 0 aliphatic heterocycles. The molecule has 0 aliphatic rings. The summed E-state index contributed by atoms with van der Waals surface area (Å²) in [5, 5.41) is 16.3. The molecule has 1 aromatic carbocycles. The van der Waals surface area contributed by atoms with E-state index in [0.29, 0.717) is 0 Å². The third kappa shape index (κ3) is 8.94. The Morgan fingerprint density at radius 2 is 1.34 bits per heavy atom. The fourth-order valence-corrected chi connectivity index (χ4v) is 4.75. The molecule has 0 saturated heterocycles. The largest absolute Gasteiger partial charge is 0.468 e. The van der Waals surface area contributed by atoms with Crippen molar-refractivity contribution in [1.29, 1.82) is 0 Å². The summed E-state index contributed by atoms with van der Waals surface area (Å²) in [6.07, 6.45) is 0.573. The Hall–Kier alpha value is -2.49. The van der Waals surface area contributed by atoms with Crippen LogP contribution in [-0.2, 0) is 23.6 Å². The monoisotopic (exact) mass is 473 g/mol. The van der Waals surface area contributed by atoms with Gasteiger partial charge in [-0.2, -0.15) is 0 Å². The van der Waals surface area contributed by atoms with Gasteiger partial charge in [-0.3, -0.25) is 19.7 Å². The van der Waals surface area contributed by atoms with Crippen molar-refractivity contribution in [2.24, 2.45) is 11.8 Å². The van der Waals surface area contributed by atoms with Gasteiger partial charge in [0.2, 0.25) is 0 Å². The fourth-order valence-electron chi connectivity index (χ4n) is 2.91. The molecule has 180 valence electrons. The van der Waals surface area contributed by atoms with Crippen molar-refractivity contribution in [1.82, 2.24) is 10.2 Å². The van der Waals surface area contributed by atoms with Gasteiger partial charge in [-0.15, -0.1) is 0 Å². The molecule has 0 fully saturated rings. The van der Waals surface area contributed by atoms with Crippen LogP contribution in [0.2, 0.25) is 0 Å². The average molecular weight is 473 g/mol. The van der Waals surface area contributed by atoms with Gasteiger partial charge < -0.3 is 14.0 Å². The van der Waals surface area contributed by atoms with Crippen LogP contribution >= 0.6 is 7.67 Å². The molecule has 0 amide bonds. The standard InChI is InChI=1S/C20H32N3O8P/c1-13(2)11-17(19(24)29-5)21-32(28,22-18(12-14(3)4)20(25)30-6)31-16-9-7-15(8-10-16)23(26)27/h7-10,13-14,17-18H,11-12H2,1-6H3,(H2,21,22,28)/t17-,18-/m0/s1. The molecule has 0 heterocycles. The predicted molar refractivity (Wildman–Crippen MR) is 118 cm³/mol. The molecule has 32 heavy (non-hydrogen) atoms. The van der Waals surface area contributed by atoms with Crippen molar-refractivity contribution in [3.63, 3.8) is 0 Å². The van der Waals surface area contributed by atoms with Crippen LogP contribution in [0.5, 0.6) is 5.75 Å². The Kier molecular flexibility index (Phi) is 10.8. The molecule has 1 aromatic rings. The van der Waals surface area contributed by atoms with Crippen LogP contribution in [0, 0.1) is 22.0 Å². The van der Waals surface area contributed by atoms with Crippen LogP contribution in [0.25, 0.3) is 0 Å². The van der Waals surface area contributed by atoms with Crippen LogP contribution in [-0.4, -0.2) is 43.2 Å². The van der Waals surface area contributed by atoms with Gasteiger partial charge in [0, 0.05) is 12.1 Å². The maximum atomic E-state index is 13.8. The number of rotatable bonds is 13. The molecule has 2 atom stereocenters. The molecule has 0 aromatic heterocycles. The van der Waals surface area contributed by atoms with Gasteiger partial charge in [0.15, 0.2) is 0 Å². The number of ether oxygens (including phenoxy) is 2. The fraction of sp³-hybridized carbons (Fsp3) is 0.600.